The molecule has 1 heterocycles. The topological polar surface area (TPSA) is 66.6 Å². The highest BCUT2D eigenvalue weighted by atomic mass is 32.1. The second kappa shape index (κ2) is 6.24. The van der Waals surface area contributed by atoms with Crippen LogP contribution in [0.5, 0.6) is 0 Å². The molecule has 0 aliphatic heterocycles. The highest BCUT2D eigenvalue weighted by Gasteiger charge is 2.23. The van der Waals surface area contributed by atoms with Crippen LogP contribution >= 0.6 is 11.3 Å². The first-order valence-electron chi connectivity index (χ1n) is 6.61. The number of thiophene rings is 1. The van der Waals surface area contributed by atoms with Crippen molar-refractivity contribution in [2.45, 2.75) is 26.5 Å². The summed E-state index contributed by atoms with van der Waals surface area (Å²) in [5.41, 5.74) is 2.31. The molecule has 0 aliphatic rings. The third-order valence-corrected chi connectivity index (χ3v) is 4.62. The van der Waals surface area contributed by atoms with Crippen molar-refractivity contribution in [1.82, 2.24) is 0 Å². The summed E-state index contributed by atoms with van der Waals surface area (Å²) in [7, 11) is 1.82. The summed E-state index contributed by atoms with van der Waals surface area (Å²) in [4.78, 5) is 13.2. The normalized spacial score (nSPS) is 12.2. The van der Waals surface area contributed by atoms with Crippen molar-refractivity contribution in [1.29, 1.82) is 0 Å². The maximum Gasteiger partial charge on any atom is 0.304 e. The molecule has 2 aromatic rings. The number of nitro groups is 1. The molecule has 6 heteroatoms. The second-order valence-electron chi connectivity index (χ2n) is 5.11. The zero-order chi connectivity index (χ0) is 15.6. The Kier molecular flexibility index (Phi) is 4.59. The Morgan fingerprint density at radius 2 is 2.00 bits per heavy atom. The lowest BCUT2D eigenvalue weighted by atomic mass is 10.1. The van der Waals surface area contributed by atoms with Crippen LogP contribution in [-0.4, -0.2) is 17.1 Å². The fourth-order valence-corrected chi connectivity index (χ4v) is 3.06. The minimum Gasteiger partial charge on any atom is -0.388 e. The van der Waals surface area contributed by atoms with E-state index in [0.29, 0.717) is 16.4 Å². The van der Waals surface area contributed by atoms with E-state index in [2.05, 4.69) is 0 Å². The van der Waals surface area contributed by atoms with Gasteiger partial charge in [0.15, 0.2) is 5.00 Å². The number of hydrogen-bond donors (Lipinski definition) is 1. The van der Waals surface area contributed by atoms with Crippen molar-refractivity contribution in [2.24, 2.45) is 0 Å². The molecule has 0 saturated carbocycles. The maximum absolute atomic E-state index is 11.2. The Labute approximate surface area is 127 Å². The number of benzene rings is 1. The van der Waals surface area contributed by atoms with Crippen molar-refractivity contribution in [2.75, 3.05) is 11.9 Å². The van der Waals surface area contributed by atoms with E-state index < -0.39 is 11.0 Å². The van der Waals surface area contributed by atoms with Gasteiger partial charge < -0.3 is 10.0 Å². The van der Waals surface area contributed by atoms with E-state index in [4.69, 9.17) is 0 Å². The fourth-order valence-electron chi connectivity index (χ4n) is 2.04. The number of anilines is 1. The summed E-state index contributed by atoms with van der Waals surface area (Å²) in [6.07, 6.45) is -0.699. The molecule has 1 atom stereocenters. The average molecular weight is 306 g/mol. The van der Waals surface area contributed by atoms with Gasteiger partial charge >= 0.3 is 5.69 Å². The van der Waals surface area contributed by atoms with Crippen molar-refractivity contribution >= 4 is 22.0 Å². The SMILES string of the molecule is Cc1ccc(CN(C)c2sc([C@H](C)O)cc2[N+](=O)[O-])cc1. The molecule has 0 bridgehead atoms. The van der Waals surface area contributed by atoms with Crippen LogP contribution < -0.4 is 4.90 Å². The molecule has 0 unspecified atom stereocenters. The van der Waals surface area contributed by atoms with Gasteiger partial charge in [0, 0.05) is 24.5 Å². The van der Waals surface area contributed by atoms with Gasteiger partial charge in [-0.15, -0.1) is 11.3 Å². The lowest BCUT2D eigenvalue weighted by Gasteiger charge is -2.16. The van der Waals surface area contributed by atoms with Crippen LogP contribution in [0.15, 0.2) is 30.3 Å². The summed E-state index contributed by atoms with van der Waals surface area (Å²) in [6.45, 7) is 4.21. The lowest BCUT2D eigenvalue weighted by Crippen LogP contribution is -2.16. The van der Waals surface area contributed by atoms with Crippen LogP contribution in [0.2, 0.25) is 0 Å². The lowest BCUT2D eigenvalue weighted by molar-refractivity contribution is -0.383. The number of rotatable bonds is 5. The van der Waals surface area contributed by atoms with Crippen molar-refractivity contribution in [3.05, 3.63) is 56.5 Å². The van der Waals surface area contributed by atoms with E-state index in [1.807, 2.05) is 43.1 Å². The Morgan fingerprint density at radius 1 is 1.38 bits per heavy atom. The molecule has 0 spiro atoms. The average Bonchev–Trinajstić information content (AvgIpc) is 2.87. The summed E-state index contributed by atoms with van der Waals surface area (Å²) >= 11 is 1.26. The molecule has 112 valence electrons. The van der Waals surface area contributed by atoms with Crippen LogP contribution in [-0.2, 0) is 6.54 Å². The Balaban J connectivity index is 2.27. The number of hydrogen-bond acceptors (Lipinski definition) is 5. The van der Waals surface area contributed by atoms with Gasteiger partial charge in [0.25, 0.3) is 0 Å². The molecule has 0 aliphatic carbocycles. The molecule has 1 aromatic carbocycles. The summed E-state index contributed by atoms with van der Waals surface area (Å²) in [5, 5.41) is 21.3. The zero-order valence-corrected chi connectivity index (χ0v) is 13.1. The van der Waals surface area contributed by atoms with Gasteiger partial charge in [-0.1, -0.05) is 29.8 Å². The molecule has 1 N–H and O–H groups in total. The van der Waals surface area contributed by atoms with Gasteiger partial charge in [-0.25, -0.2) is 0 Å². The van der Waals surface area contributed by atoms with Gasteiger partial charge in [-0.2, -0.15) is 0 Å². The molecular formula is C15H18N2O3S. The van der Waals surface area contributed by atoms with Gasteiger partial charge in [0.1, 0.15) is 0 Å². The molecule has 5 nitrogen and oxygen atoms in total. The maximum atomic E-state index is 11.2. The van der Waals surface area contributed by atoms with Crippen LogP contribution in [0.4, 0.5) is 10.7 Å². The Morgan fingerprint density at radius 3 is 2.52 bits per heavy atom. The summed E-state index contributed by atoms with van der Waals surface area (Å²) in [5.74, 6) is 0. The van der Waals surface area contributed by atoms with E-state index in [1.54, 1.807) is 6.92 Å². The number of aryl methyl sites for hydroxylation is 1. The highest BCUT2D eigenvalue weighted by Crippen LogP contribution is 2.40. The van der Waals surface area contributed by atoms with Crippen molar-refractivity contribution in [3.63, 3.8) is 0 Å². The number of nitrogens with zero attached hydrogens (tertiary/aromatic N) is 2. The second-order valence-corrected chi connectivity index (χ2v) is 6.18. The van der Waals surface area contributed by atoms with Crippen LogP contribution in [0.25, 0.3) is 0 Å². The van der Waals surface area contributed by atoms with Crippen LogP contribution in [0, 0.1) is 17.0 Å². The van der Waals surface area contributed by atoms with E-state index in [9.17, 15) is 15.2 Å². The highest BCUT2D eigenvalue weighted by molar-refractivity contribution is 7.16. The largest absolute Gasteiger partial charge is 0.388 e. The standard InChI is InChI=1S/C15H18N2O3S/c1-10-4-6-12(7-5-10)9-16(3)15-13(17(19)20)8-14(21-15)11(2)18/h4-8,11,18H,9H2,1-3H3/t11-/m0/s1. The van der Waals surface area contributed by atoms with E-state index in [1.165, 1.54) is 23.0 Å². The molecule has 0 amide bonds. The Hall–Kier alpha value is -1.92. The predicted octanol–water partition coefficient (Wildman–Crippen LogP) is 3.65. The van der Waals surface area contributed by atoms with E-state index >= 15 is 0 Å². The van der Waals surface area contributed by atoms with Gasteiger partial charge in [-0.3, -0.25) is 10.1 Å². The van der Waals surface area contributed by atoms with Crippen molar-refractivity contribution < 1.29 is 10.0 Å². The van der Waals surface area contributed by atoms with Crippen molar-refractivity contribution in [3.8, 4) is 0 Å². The number of aliphatic hydroxyl groups is 1. The summed E-state index contributed by atoms with van der Waals surface area (Å²) < 4.78 is 0. The quantitative estimate of drug-likeness (QED) is 0.676. The summed E-state index contributed by atoms with van der Waals surface area (Å²) in [6, 6.07) is 9.53. The molecule has 2 rings (SSSR count). The predicted molar refractivity (Wildman–Crippen MR) is 84.9 cm³/mol. The zero-order valence-electron chi connectivity index (χ0n) is 12.2. The molecule has 21 heavy (non-hydrogen) atoms. The molecule has 0 saturated heterocycles. The Bertz CT molecular complexity index is 635. The minimum absolute atomic E-state index is 0.0468. The monoisotopic (exact) mass is 306 g/mol. The minimum atomic E-state index is -0.699. The first-order chi connectivity index (χ1) is 9.88. The van der Waals surface area contributed by atoms with Gasteiger partial charge in [0.2, 0.25) is 0 Å². The number of aliphatic hydroxyl groups excluding tert-OH is 1. The van der Waals surface area contributed by atoms with Gasteiger partial charge in [-0.05, 0) is 19.4 Å². The first kappa shape index (κ1) is 15.5. The molecule has 1 aromatic heterocycles. The van der Waals surface area contributed by atoms with Crippen LogP contribution in [0.1, 0.15) is 29.0 Å². The fraction of sp³-hybridized carbons (Fsp3) is 0.333. The smallest absolute Gasteiger partial charge is 0.304 e. The van der Waals surface area contributed by atoms with Gasteiger partial charge in [0.05, 0.1) is 11.0 Å². The van der Waals surface area contributed by atoms with Crippen LogP contribution in [0.3, 0.4) is 0 Å². The van der Waals surface area contributed by atoms with E-state index in [-0.39, 0.29) is 5.69 Å². The first-order valence-corrected chi connectivity index (χ1v) is 7.43. The van der Waals surface area contributed by atoms with E-state index in [0.717, 1.165) is 5.56 Å². The molecule has 0 radical (unpaired) electrons. The third-order valence-electron chi connectivity index (χ3n) is 3.21. The molecular weight excluding hydrogens is 288 g/mol. The molecule has 0 fully saturated rings. The third kappa shape index (κ3) is 3.59.